The summed E-state index contributed by atoms with van der Waals surface area (Å²) in [4.78, 5) is 22.6. The van der Waals surface area contributed by atoms with E-state index >= 15 is 0 Å². The number of nitro groups is 1. The number of hydrogen-bond donors (Lipinski definition) is 1. The van der Waals surface area contributed by atoms with Gasteiger partial charge in [-0.3, -0.25) is 14.9 Å². The first-order chi connectivity index (χ1) is 9.88. The van der Waals surface area contributed by atoms with Gasteiger partial charge in [-0.25, -0.2) is 0 Å². The predicted molar refractivity (Wildman–Crippen MR) is 84.7 cm³/mol. The Morgan fingerprint density at radius 2 is 1.90 bits per heavy atom. The van der Waals surface area contributed by atoms with Crippen LogP contribution in [0, 0.1) is 24.0 Å². The van der Waals surface area contributed by atoms with Gasteiger partial charge in [-0.15, -0.1) is 0 Å². The van der Waals surface area contributed by atoms with Crippen LogP contribution in [0.15, 0.2) is 40.9 Å². The van der Waals surface area contributed by atoms with E-state index in [9.17, 15) is 14.9 Å². The molecule has 1 N–H and O–H groups in total. The van der Waals surface area contributed by atoms with Crippen molar-refractivity contribution in [3.05, 3.63) is 67.7 Å². The van der Waals surface area contributed by atoms with Crippen molar-refractivity contribution < 1.29 is 9.72 Å². The van der Waals surface area contributed by atoms with Crippen molar-refractivity contribution in [1.82, 2.24) is 0 Å². The Kier molecular flexibility index (Phi) is 4.37. The predicted octanol–water partition coefficient (Wildman–Crippen LogP) is 4.23. The number of carbonyl (C=O) groups excluding carboxylic acids is 1. The molecule has 0 saturated carbocycles. The van der Waals surface area contributed by atoms with Crippen LogP contribution in [-0.4, -0.2) is 10.8 Å². The molecule has 0 aliphatic rings. The smallest absolute Gasteiger partial charge is 0.272 e. The number of nitrogens with one attached hydrogen (secondary N) is 1. The van der Waals surface area contributed by atoms with Gasteiger partial charge in [-0.05, 0) is 54.0 Å². The lowest BCUT2D eigenvalue weighted by atomic mass is 10.1. The standard InChI is InChI=1S/C15H13BrN2O3/c1-9-3-5-13(16)12(7-9)15(19)17-11-4-6-14(18(20)21)10(2)8-11/h3-8H,1-2H3,(H,17,19). The van der Waals surface area contributed by atoms with Crippen molar-refractivity contribution in [2.75, 3.05) is 5.32 Å². The van der Waals surface area contributed by atoms with Gasteiger partial charge in [0.05, 0.1) is 10.5 Å². The Balaban J connectivity index is 2.26. The monoisotopic (exact) mass is 348 g/mol. The first-order valence-corrected chi connectivity index (χ1v) is 7.00. The molecule has 6 heteroatoms. The van der Waals surface area contributed by atoms with Crippen LogP contribution < -0.4 is 5.32 Å². The lowest BCUT2D eigenvalue weighted by molar-refractivity contribution is -0.385. The molecule has 0 aliphatic carbocycles. The van der Waals surface area contributed by atoms with Crippen molar-refractivity contribution in [1.29, 1.82) is 0 Å². The van der Waals surface area contributed by atoms with Gasteiger partial charge >= 0.3 is 0 Å². The molecule has 0 atom stereocenters. The van der Waals surface area contributed by atoms with E-state index in [0.717, 1.165) is 5.56 Å². The third kappa shape index (κ3) is 3.46. The normalized spacial score (nSPS) is 10.2. The number of nitrogens with zero attached hydrogens (tertiary/aromatic N) is 1. The number of anilines is 1. The fourth-order valence-corrected chi connectivity index (χ4v) is 2.38. The molecule has 0 fully saturated rings. The van der Waals surface area contributed by atoms with Gasteiger partial charge in [-0.2, -0.15) is 0 Å². The largest absolute Gasteiger partial charge is 0.322 e. The van der Waals surface area contributed by atoms with Crippen LogP contribution in [0.4, 0.5) is 11.4 Å². The number of rotatable bonds is 3. The van der Waals surface area contributed by atoms with Gasteiger partial charge in [0.15, 0.2) is 0 Å². The molecule has 108 valence electrons. The van der Waals surface area contributed by atoms with Crippen LogP contribution in [-0.2, 0) is 0 Å². The first-order valence-electron chi connectivity index (χ1n) is 6.21. The fourth-order valence-electron chi connectivity index (χ4n) is 1.95. The summed E-state index contributed by atoms with van der Waals surface area (Å²) < 4.78 is 0.698. The molecule has 0 aliphatic heterocycles. The van der Waals surface area contributed by atoms with E-state index in [-0.39, 0.29) is 11.6 Å². The van der Waals surface area contributed by atoms with Gasteiger partial charge in [0.2, 0.25) is 0 Å². The summed E-state index contributed by atoms with van der Waals surface area (Å²) in [5, 5.41) is 13.5. The third-order valence-corrected chi connectivity index (χ3v) is 3.71. The summed E-state index contributed by atoms with van der Waals surface area (Å²) >= 11 is 3.34. The Labute approximate surface area is 130 Å². The minimum atomic E-state index is -0.446. The van der Waals surface area contributed by atoms with E-state index < -0.39 is 4.92 Å². The van der Waals surface area contributed by atoms with Crippen LogP contribution in [0.25, 0.3) is 0 Å². The summed E-state index contributed by atoms with van der Waals surface area (Å²) in [5.74, 6) is -0.265. The highest BCUT2D eigenvalue weighted by Gasteiger charge is 2.14. The van der Waals surface area contributed by atoms with E-state index in [0.29, 0.717) is 21.3 Å². The van der Waals surface area contributed by atoms with Gasteiger partial charge in [0.25, 0.3) is 11.6 Å². The van der Waals surface area contributed by atoms with Gasteiger partial charge in [0, 0.05) is 21.8 Å². The number of hydrogen-bond acceptors (Lipinski definition) is 3. The number of aryl methyl sites for hydroxylation is 2. The Hall–Kier alpha value is -2.21. The molecular weight excluding hydrogens is 336 g/mol. The topological polar surface area (TPSA) is 72.2 Å². The highest BCUT2D eigenvalue weighted by Crippen LogP contribution is 2.23. The Morgan fingerprint density at radius 3 is 2.52 bits per heavy atom. The minimum Gasteiger partial charge on any atom is -0.322 e. The highest BCUT2D eigenvalue weighted by molar-refractivity contribution is 9.10. The summed E-state index contributed by atoms with van der Waals surface area (Å²) in [6.07, 6.45) is 0. The van der Waals surface area contributed by atoms with E-state index in [1.807, 2.05) is 19.1 Å². The van der Waals surface area contributed by atoms with Crippen LogP contribution in [0.1, 0.15) is 21.5 Å². The van der Waals surface area contributed by atoms with Gasteiger partial charge in [0.1, 0.15) is 0 Å². The molecule has 1 amide bonds. The third-order valence-electron chi connectivity index (χ3n) is 3.02. The maximum absolute atomic E-state index is 12.2. The van der Waals surface area contributed by atoms with Crippen molar-refractivity contribution in [2.24, 2.45) is 0 Å². The maximum Gasteiger partial charge on any atom is 0.272 e. The zero-order valence-electron chi connectivity index (χ0n) is 11.5. The van der Waals surface area contributed by atoms with E-state index in [1.165, 1.54) is 12.1 Å². The Bertz CT molecular complexity index is 729. The number of halogens is 1. The van der Waals surface area contributed by atoms with Crippen molar-refractivity contribution in [2.45, 2.75) is 13.8 Å². The molecule has 0 heterocycles. The number of benzene rings is 2. The Morgan fingerprint density at radius 1 is 1.19 bits per heavy atom. The average Bonchev–Trinajstić information content (AvgIpc) is 2.41. The highest BCUT2D eigenvalue weighted by atomic mass is 79.9. The lowest BCUT2D eigenvalue weighted by Crippen LogP contribution is -2.13. The molecule has 0 unspecified atom stereocenters. The van der Waals surface area contributed by atoms with Crippen LogP contribution in [0.3, 0.4) is 0 Å². The fraction of sp³-hybridized carbons (Fsp3) is 0.133. The molecule has 2 rings (SSSR count). The van der Waals surface area contributed by atoms with Crippen molar-refractivity contribution >= 4 is 33.2 Å². The number of carbonyl (C=O) groups is 1. The molecular formula is C15H13BrN2O3. The first kappa shape index (κ1) is 15.2. The van der Waals surface area contributed by atoms with Gasteiger partial charge < -0.3 is 5.32 Å². The summed E-state index contributed by atoms with van der Waals surface area (Å²) in [7, 11) is 0. The van der Waals surface area contributed by atoms with E-state index in [4.69, 9.17) is 0 Å². The summed E-state index contributed by atoms with van der Waals surface area (Å²) in [5.41, 5.74) is 2.55. The molecule has 21 heavy (non-hydrogen) atoms. The zero-order valence-corrected chi connectivity index (χ0v) is 13.1. The molecule has 2 aromatic rings. The molecule has 5 nitrogen and oxygen atoms in total. The minimum absolute atomic E-state index is 0.0322. The molecule has 0 radical (unpaired) electrons. The summed E-state index contributed by atoms with van der Waals surface area (Å²) in [6, 6.07) is 9.97. The summed E-state index contributed by atoms with van der Waals surface area (Å²) in [6.45, 7) is 3.54. The van der Waals surface area contributed by atoms with E-state index in [1.54, 1.807) is 19.1 Å². The second-order valence-electron chi connectivity index (χ2n) is 4.70. The second kappa shape index (κ2) is 6.05. The lowest BCUT2D eigenvalue weighted by Gasteiger charge is -2.08. The molecule has 2 aromatic carbocycles. The molecule has 0 spiro atoms. The number of nitro benzene ring substituents is 1. The van der Waals surface area contributed by atoms with Gasteiger partial charge in [-0.1, -0.05) is 11.6 Å². The maximum atomic E-state index is 12.2. The quantitative estimate of drug-likeness (QED) is 0.666. The van der Waals surface area contributed by atoms with Crippen LogP contribution in [0.5, 0.6) is 0 Å². The number of amides is 1. The molecule has 0 saturated heterocycles. The SMILES string of the molecule is Cc1ccc(Br)c(C(=O)Nc2ccc([N+](=O)[O-])c(C)c2)c1. The average molecular weight is 349 g/mol. The van der Waals surface area contributed by atoms with Crippen molar-refractivity contribution in [3.8, 4) is 0 Å². The van der Waals surface area contributed by atoms with Crippen molar-refractivity contribution in [3.63, 3.8) is 0 Å². The van der Waals surface area contributed by atoms with E-state index in [2.05, 4.69) is 21.2 Å². The second-order valence-corrected chi connectivity index (χ2v) is 5.55. The zero-order chi connectivity index (χ0) is 15.6. The van der Waals surface area contributed by atoms with Crippen LogP contribution in [0.2, 0.25) is 0 Å². The molecule has 0 bridgehead atoms. The van der Waals surface area contributed by atoms with Crippen LogP contribution >= 0.6 is 15.9 Å². The molecule has 0 aromatic heterocycles.